The van der Waals surface area contributed by atoms with E-state index in [4.69, 9.17) is 5.26 Å². The molecule has 0 spiro atoms. The Kier molecular flexibility index (Phi) is 6.37. The Labute approximate surface area is 204 Å². The van der Waals surface area contributed by atoms with Gasteiger partial charge in [0.25, 0.3) is 5.56 Å². The van der Waals surface area contributed by atoms with Crippen LogP contribution in [0.25, 0.3) is 28.1 Å². The zero-order chi connectivity index (χ0) is 26.2. The van der Waals surface area contributed by atoms with Crippen LogP contribution < -0.4 is 11.2 Å². The summed E-state index contributed by atoms with van der Waals surface area (Å²) in [5.74, 6) is 0. The average Bonchev–Trinajstić information content (AvgIpc) is 2.84. The van der Waals surface area contributed by atoms with Gasteiger partial charge >= 0.3 is 11.9 Å². The van der Waals surface area contributed by atoms with Crippen LogP contribution in [0.5, 0.6) is 0 Å². The molecular formula is C27H21F3N4O2. The van der Waals surface area contributed by atoms with Crippen molar-refractivity contribution >= 4 is 0 Å². The SMILES string of the molecule is Cc1c(-c2cccnc2-c2ccc(C#N)cc2)c(=O)n(C(C)C)c(=O)n1-c1cccc(C(F)(F)F)c1. The van der Waals surface area contributed by atoms with Crippen LogP contribution in [0.4, 0.5) is 13.2 Å². The fourth-order valence-corrected chi connectivity index (χ4v) is 4.16. The van der Waals surface area contributed by atoms with E-state index in [0.717, 1.165) is 21.3 Å². The van der Waals surface area contributed by atoms with Crippen molar-refractivity contribution in [3.05, 3.63) is 105 Å². The van der Waals surface area contributed by atoms with E-state index in [0.29, 0.717) is 22.4 Å². The molecule has 2 aromatic carbocycles. The fraction of sp³-hybridized carbons (Fsp3) is 0.185. The number of alkyl halides is 3. The number of hydrogen-bond donors (Lipinski definition) is 0. The Hall–Kier alpha value is -4.45. The van der Waals surface area contributed by atoms with Gasteiger partial charge in [-0.15, -0.1) is 0 Å². The van der Waals surface area contributed by atoms with Crippen LogP contribution in [0.1, 0.15) is 36.7 Å². The van der Waals surface area contributed by atoms with Crippen molar-refractivity contribution < 1.29 is 13.2 Å². The first-order valence-electron chi connectivity index (χ1n) is 11.1. The molecule has 0 aliphatic carbocycles. The van der Waals surface area contributed by atoms with Crippen LogP contribution in [0.3, 0.4) is 0 Å². The van der Waals surface area contributed by atoms with Gasteiger partial charge in [-0.05, 0) is 57.2 Å². The lowest BCUT2D eigenvalue weighted by Crippen LogP contribution is -2.42. The molecule has 6 nitrogen and oxygen atoms in total. The highest BCUT2D eigenvalue weighted by Crippen LogP contribution is 2.33. The van der Waals surface area contributed by atoms with E-state index in [1.165, 1.54) is 19.1 Å². The Balaban J connectivity index is 2.07. The van der Waals surface area contributed by atoms with E-state index < -0.39 is 29.0 Å². The Morgan fingerprint density at radius 1 is 1.00 bits per heavy atom. The summed E-state index contributed by atoms with van der Waals surface area (Å²) in [6.45, 7) is 4.84. The topological polar surface area (TPSA) is 80.7 Å². The second-order valence-corrected chi connectivity index (χ2v) is 8.48. The van der Waals surface area contributed by atoms with Gasteiger partial charge in [0.2, 0.25) is 0 Å². The van der Waals surface area contributed by atoms with E-state index >= 15 is 0 Å². The maximum absolute atomic E-state index is 13.6. The Morgan fingerprint density at radius 3 is 2.31 bits per heavy atom. The highest BCUT2D eigenvalue weighted by atomic mass is 19.4. The van der Waals surface area contributed by atoms with Crippen molar-refractivity contribution in [3.63, 3.8) is 0 Å². The monoisotopic (exact) mass is 490 g/mol. The van der Waals surface area contributed by atoms with Crippen LogP contribution in [0.2, 0.25) is 0 Å². The van der Waals surface area contributed by atoms with E-state index in [1.54, 1.807) is 56.4 Å². The molecule has 2 heterocycles. The molecule has 0 saturated heterocycles. The van der Waals surface area contributed by atoms with Gasteiger partial charge in [0.15, 0.2) is 0 Å². The number of benzene rings is 2. The maximum Gasteiger partial charge on any atom is 0.416 e. The first-order valence-corrected chi connectivity index (χ1v) is 11.1. The molecule has 2 aromatic heterocycles. The molecule has 4 rings (SSSR count). The minimum absolute atomic E-state index is 0.00760. The number of hydrogen-bond acceptors (Lipinski definition) is 4. The quantitative estimate of drug-likeness (QED) is 0.378. The predicted molar refractivity (Wildman–Crippen MR) is 130 cm³/mol. The normalized spacial score (nSPS) is 11.5. The largest absolute Gasteiger partial charge is 0.416 e. The zero-order valence-electron chi connectivity index (χ0n) is 19.7. The molecule has 0 unspecified atom stereocenters. The molecule has 0 radical (unpaired) electrons. The number of aromatic nitrogens is 3. The van der Waals surface area contributed by atoms with E-state index in [2.05, 4.69) is 4.98 Å². The number of halogens is 3. The molecule has 0 atom stereocenters. The van der Waals surface area contributed by atoms with Crippen LogP contribution in [0.15, 0.2) is 76.4 Å². The standard InChI is InChI=1S/C27H21F3N4O2/c1-16(2)33-25(35)23(22-8-5-13-32-24(22)19-11-9-18(15-31)10-12-19)17(3)34(26(33)36)21-7-4-6-20(14-21)27(28,29)30/h4-14,16H,1-3H3. The number of nitrogens with zero attached hydrogens (tertiary/aromatic N) is 4. The van der Waals surface area contributed by atoms with Gasteiger partial charge in [0, 0.05) is 29.1 Å². The van der Waals surface area contributed by atoms with Crippen molar-refractivity contribution in [1.82, 2.24) is 14.1 Å². The summed E-state index contributed by atoms with van der Waals surface area (Å²) >= 11 is 0. The third kappa shape index (κ3) is 4.33. The van der Waals surface area contributed by atoms with Crippen LogP contribution in [-0.4, -0.2) is 14.1 Å². The summed E-state index contributed by atoms with van der Waals surface area (Å²) in [6.07, 6.45) is -3.05. The molecule has 36 heavy (non-hydrogen) atoms. The first kappa shape index (κ1) is 24.7. The van der Waals surface area contributed by atoms with E-state index in [-0.39, 0.29) is 16.9 Å². The van der Waals surface area contributed by atoms with Crippen molar-refractivity contribution in [2.24, 2.45) is 0 Å². The molecular weight excluding hydrogens is 469 g/mol. The Bertz CT molecular complexity index is 1610. The number of pyridine rings is 1. The second-order valence-electron chi connectivity index (χ2n) is 8.48. The summed E-state index contributed by atoms with van der Waals surface area (Å²) in [5.41, 5.74) is 0.0486. The smallest absolute Gasteiger partial charge is 0.268 e. The minimum atomic E-state index is -4.60. The van der Waals surface area contributed by atoms with Gasteiger partial charge in [-0.2, -0.15) is 18.4 Å². The predicted octanol–water partition coefficient (Wildman–Crippen LogP) is 5.51. The average molecular weight is 490 g/mol. The summed E-state index contributed by atoms with van der Waals surface area (Å²) in [4.78, 5) is 31.5. The van der Waals surface area contributed by atoms with E-state index in [9.17, 15) is 22.8 Å². The lowest BCUT2D eigenvalue weighted by atomic mass is 9.98. The lowest BCUT2D eigenvalue weighted by molar-refractivity contribution is -0.137. The maximum atomic E-state index is 13.6. The summed E-state index contributed by atoms with van der Waals surface area (Å²) < 4.78 is 42.4. The summed E-state index contributed by atoms with van der Waals surface area (Å²) in [7, 11) is 0. The molecule has 0 aliphatic rings. The molecule has 0 saturated carbocycles. The van der Waals surface area contributed by atoms with Gasteiger partial charge in [-0.25, -0.2) is 4.79 Å². The van der Waals surface area contributed by atoms with Gasteiger partial charge < -0.3 is 0 Å². The van der Waals surface area contributed by atoms with Crippen molar-refractivity contribution in [3.8, 4) is 34.1 Å². The van der Waals surface area contributed by atoms with Gasteiger partial charge in [-0.3, -0.25) is 18.9 Å². The third-order valence-corrected chi connectivity index (χ3v) is 5.84. The molecule has 4 aromatic rings. The molecule has 0 bridgehead atoms. The van der Waals surface area contributed by atoms with Crippen molar-refractivity contribution in [1.29, 1.82) is 5.26 Å². The zero-order valence-corrected chi connectivity index (χ0v) is 19.7. The van der Waals surface area contributed by atoms with Crippen molar-refractivity contribution in [2.75, 3.05) is 0 Å². The highest BCUT2D eigenvalue weighted by Gasteiger charge is 2.31. The molecule has 0 amide bonds. The highest BCUT2D eigenvalue weighted by molar-refractivity contribution is 5.81. The Morgan fingerprint density at radius 2 is 1.69 bits per heavy atom. The molecule has 9 heteroatoms. The van der Waals surface area contributed by atoms with Gasteiger partial charge in [0.05, 0.1) is 34.1 Å². The van der Waals surface area contributed by atoms with Crippen LogP contribution >= 0.6 is 0 Å². The number of nitriles is 1. The summed E-state index contributed by atoms with van der Waals surface area (Å²) in [5, 5.41) is 9.11. The van der Waals surface area contributed by atoms with Crippen LogP contribution in [-0.2, 0) is 6.18 Å². The van der Waals surface area contributed by atoms with E-state index in [1.807, 2.05) is 6.07 Å². The molecule has 0 fully saturated rings. The molecule has 182 valence electrons. The van der Waals surface area contributed by atoms with Crippen molar-refractivity contribution in [2.45, 2.75) is 33.0 Å². The fourth-order valence-electron chi connectivity index (χ4n) is 4.16. The van der Waals surface area contributed by atoms with Gasteiger partial charge in [0.1, 0.15) is 0 Å². The molecule has 0 N–H and O–H groups in total. The minimum Gasteiger partial charge on any atom is -0.268 e. The lowest BCUT2D eigenvalue weighted by Gasteiger charge is -2.21. The molecule has 0 aliphatic heterocycles. The van der Waals surface area contributed by atoms with Gasteiger partial charge in [-0.1, -0.05) is 24.3 Å². The number of rotatable bonds is 4. The third-order valence-electron chi connectivity index (χ3n) is 5.84. The first-order chi connectivity index (χ1) is 17.0. The van der Waals surface area contributed by atoms with Crippen LogP contribution in [0, 0.1) is 18.3 Å². The summed E-state index contributed by atoms with van der Waals surface area (Å²) in [6, 6.07) is 15.9. The second kappa shape index (κ2) is 9.30.